The Morgan fingerprint density at radius 2 is 2.22 bits per heavy atom. The zero-order chi connectivity index (χ0) is 13.1. The van der Waals surface area contributed by atoms with Crippen LogP contribution in [0, 0.1) is 0 Å². The van der Waals surface area contributed by atoms with E-state index in [4.69, 9.17) is 10.5 Å². The minimum Gasteiger partial charge on any atom is -0.480 e. The number of carbonyl (C=O) groups is 2. The van der Waals surface area contributed by atoms with E-state index in [1.807, 2.05) is 13.0 Å². The summed E-state index contributed by atoms with van der Waals surface area (Å²) < 4.78 is 5.65. The number of fused-ring (bicyclic) bond motifs is 1. The first-order chi connectivity index (χ1) is 8.63. The van der Waals surface area contributed by atoms with Crippen molar-refractivity contribution in [1.29, 1.82) is 0 Å². The molecule has 1 unspecified atom stereocenters. The number of hydrogen-bond donors (Lipinski definition) is 1. The summed E-state index contributed by atoms with van der Waals surface area (Å²) >= 11 is 0. The highest BCUT2D eigenvalue weighted by atomic mass is 16.5. The van der Waals surface area contributed by atoms with E-state index in [9.17, 15) is 9.59 Å². The van der Waals surface area contributed by atoms with Gasteiger partial charge in [0.2, 0.25) is 0 Å². The van der Waals surface area contributed by atoms with Crippen LogP contribution in [0.25, 0.3) is 0 Å². The van der Waals surface area contributed by atoms with Crippen LogP contribution in [-0.4, -0.2) is 17.8 Å². The van der Waals surface area contributed by atoms with Gasteiger partial charge < -0.3 is 10.5 Å². The molecule has 0 bridgehead atoms. The molecule has 0 fully saturated rings. The average molecular weight is 247 g/mol. The average Bonchev–Trinajstić information content (AvgIpc) is 2.36. The maximum atomic E-state index is 11.8. The summed E-state index contributed by atoms with van der Waals surface area (Å²) in [6.07, 6.45) is 2.12. The van der Waals surface area contributed by atoms with E-state index < -0.39 is 12.0 Å². The van der Waals surface area contributed by atoms with E-state index in [2.05, 4.69) is 0 Å². The molecule has 1 aliphatic carbocycles. The van der Waals surface area contributed by atoms with Gasteiger partial charge >= 0.3 is 0 Å². The lowest BCUT2D eigenvalue weighted by atomic mass is 9.90. The van der Waals surface area contributed by atoms with Gasteiger partial charge in [0.1, 0.15) is 5.75 Å². The van der Waals surface area contributed by atoms with Crippen molar-refractivity contribution in [1.82, 2.24) is 0 Å². The van der Waals surface area contributed by atoms with Gasteiger partial charge in [0.05, 0.1) is 0 Å². The fraction of sp³-hybridized carbons (Fsp3) is 0.429. The molecular weight excluding hydrogens is 230 g/mol. The van der Waals surface area contributed by atoms with E-state index in [-0.39, 0.29) is 5.78 Å². The van der Waals surface area contributed by atoms with E-state index in [1.165, 1.54) is 0 Å². The molecule has 1 aromatic carbocycles. The fourth-order valence-electron chi connectivity index (χ4n) is 2.25. The third-order valence-corrected chi connectivity index (χ3v) is 3.22. The molecule has 1 aromatic rings. The van der Waals surface area contributed by atoms with Gasteiger partial charge in [-0.25, -0.2) is 0 Å². The van der Waals surface area contributed by atoms with Crippen LogP contribution in [0.4, 0.5) is 0 Å². The molecule has 0 saturated heterocycles. The number of nitrogens with two attached hydrogens (primary N) is 1. The van der Waals surface area contributed by atoms with Crippen molar-refractivity contribution in [3.05, 3.63) is 29.3 Å². The highest BCUT2D eigenvalue weighted by molar-refractivity contribution is 5.99. The number of hydrogen-bond acceptors (Lipinski definition) is 3. The molecule has 0 heterocycles. The van der Waals surface area contributed by atoms with E-state index in [0.717, 1.165) is 24.0 Å². The number of ether oxygens (including phenoxy) is 1. The lowest BCUT2D eigenvalue weighted by molar-refractivity contribution is -0.124. The summed E-state index contributed by atoms with van der Waals surface area (Å²) in [6, 6.07) is 5.39. The Morgan fingerprint density at radius 1 is 1.44 bits per heavy atom. The summed E-state index contributed by atoms with van der Waals surface area (Å²) in [5, 5.41) is 0. The lowest BCUT2D eigenvalue weighted by Gasteiger charge is -2.21. The van der Waals surface area contributed by atoms with E-state index >= 15 is 0 Å². The molecule has 4 heteroatoms. The Kier molecular flexibility index (Phi) is 3.65. The number of carbonyl (C=O) groups excluding carboxylic acids is 2. The van der Waals surface area contributed by atoms with Crippen molar-refractivity contribution in [2.75, 3.05) is 0 Å². The van der Waals surface area contributed by atoms with Gasteiger partial charge in [-0.3, -0.25) is 9.59 Å². The Labute approximate surface area is 106 Å². The van der Waals surface area contributed by atoms with Crippen LogP contribution in [0.5, 0.6) is 5.75 Å². The van der Waals surface area contributed by atoms with E-state index in [0.29, 0.717) is 18.6 Å². The smallest absolute Gasteiger partial charge is 0.258 e. The molecule has 1 amide bonds. The van der Waals surface area contributed by atoms with Crippen molar-refractivity contribution in [2.45, 2.75) is 38.7 Å². The van der Waals surface area contributed by atoms with E-state index in [1.54, 1.807) is 12.1 Å². The van der Waals surface area contributed by atoms with Gasteiger partial charge in [0, 0.05) is 17.5 Å². The van der Waals surface area contributed by atoms with Crippen LogP contribution in [0.2, 0.25) is 0 Å². The van der Waals surface area contributed by atoms with Gasteiger partial charge in [0.15, 0.2) is 11.9 Å². The topological polar surface area (TPSA) is 69.4 Å². The van der Waals surface area contributed by atoms with Crippen molar-refractivity contribution in [3.8, 4) is 5.75 Å². The van der Waals surface area contributed by atoms with Crippen LogP contribution >= 0.6 is 0 Å². The Bertz CT molecular complexity index is 482. The van der Waals surface area contributed by atoms with Crippen molar-refractivity contribution < 1.29 is 14.3 Å². The van der Waals surface area contributed by atoms with Crippen molar-refractivity contribution >= 4 is 11.7 Å². The first-order valence-electron chi connectivity index (χ1n) is 6.24. The third-order valence-electron chi connectivity index (χ3n) is 3.22. The standard InChI is InChI=1S/C14H17NO3/c1-2-12(14(15)17)18-13-8-4-5-9-10(13)6-3-7-11(9)16/h4-5,8,12H,2-3,6-7H2,1H3,(H2,15,17). The highest BCUT2D eigenvalue weighted by Gasteiger charge is 2.22. The molecule has 18 heavy (non-hydrogen) atoms. The normalized spacial score (nSPS) is 15.9. The molecule has 1 atom stereocenters. The molecule has 2 N–H and O–H groups in total. The Hall–Kier alpha value is -1.84. The van der Waals surface area contributed by atoms with Crippen molar-refractivity contribution in [2.24, 2.45) is 5.73 Å². The molecule has 2 rings (SSSR count). The Balaban J connectivity index is 2.31. The number of rotatable bonds is 4. The van der Waals surface area contributed by atoms with Crippen LogP contribution in [0.15, 0.2) is 18.2 Å². The zero-order valence-electron chi connectivity index (χ0n) is 10.4. The minimum absolute atomic E-state index is 0.147. The summed E-state index contributed by atoms with van der Waals surface area (Å²) in [7, 11) is 0. The summed E-state index contributed by atoms with van der Waals surface area (Å²) in [6.45, 7) is 1.84. The predicted octanol–water partition coefficient (Wildman–Crippen LogP) is 1.85. The summed E-state index contributed by atoms with van der Waals surface area (Å²) in [5.41, 5.74) is 6.90. The third kappa shape index (κ3) is 2.37. The summed E-state index contributed by atoms with van der Waals surface area (Å²) in [5.74, 6) is 0.289. The first-order valence-corrected chi connectivity index (χ1v) is 6.24. The second-order valence-corrected chi connectivity index (χ2v) is 4.48. The quantitative estimate of drug-likeness (QED) is 0.882. The van der Waals surface area contributed by atoms with Gasteiger partial charge in [-0.15, -0.1) is 0 Å². The lowest BCUT2D eigenvalue weighted by Crippen LogP contribution is -2.33. The second kappa shape index (κ2) is 5.21. The molecule has 1 aliphatic rings. The van der Waals surface area contributed by atoms with Crippen LogP contribution < -0.4 is 10.5 Å². The molecule has 4 nitrogen and oxygen atoms in total. The molecule has 0 aliphatic heterocycles. The van der Waals surface area contributed by atoms with Gasteiger partial charge in [-0.05, 0) is 25.3 Å². The highest BCUT2D eigenvalue weighted by Crippen LogP contribution is 2.30. The monoisotopic (exact) mass is 247 g/mol. The number of amides is 1. The van der Waals surface area contributed by atoms with Crippen LogP contribution in [0.1, 0.15) is 42.1 Å². The minimum atomic E-state index is -0.631. The number of ketones is 1. The predicted molar refractivity (Wildman–Crippen MR) is 67.6 cm³/mol. The van der Waals surface area contributed by atoms with Crippen molar-refractivity contribution in [3.63, 3.8) is 0 Å². The zero-order valence-corrected chi connectivity index (χ0v) is 10.4. The number of Topliss-reactive ketones (excluding diaryl/α,β-unsaturated/α-hetero) is 1. The maximum Gasteiger partial charge on any atom is 0.258 e. The second-order valence-electron chi connectivity index (χ2n) is 4.48. The molecule has 0 saturated carbocycles. The number of primary amides is 1. The van der Waals surface area contributed by atoms with Crippen LogP contribution in [0.3, 0.4) is 0 Å². The molecule has 96 valence electrons. The van der Waals surface area contributed by atoms with Gasteiger partial charge in [0.25, 0.3) is 5.91 Å². The largest absolute Gasteiger partial charge is 0.480 e. The first kappa shape index (κ1) is 12.6. The maximum absolute atomic E-state index is 11.8. The molecule has 0 aromatic heterocycles. The van der Waals surface area contributed by atoms with Crippen LogP contribution in [-0.2, 0) is 11.2 Å². The molecule has 0 spiro atoms. The summed E-state index contributed by atoms with van der Waals surface area (Å²) in [4.78, 5) is 23.0. The van der Waals surface area contributed by atoms with Gasteiger partial charge in [-0.1, -0.05) is 19.1 Å². The fourth-order valence-corrected chi connectivity index (χ4v) is 2.25. The molecule has 0 radical (unpaired) electrons. The number of benzene rings is 1. The molecular formula is C14H17NO3. The Morgan fingerprint density at radius 3 is 2.89 bits per heavy atom. The SMILES string of the molecule is CCC(Oc1cccc2c1CCCC2=O)C(N)=O. The van der Waals surface area contributed by atoms with Gasteiger partial charge in [-0.2, -0.15) is 0 Å².